The van der Waals surface area contributed by atoms with Gasteiger partial charge in [-0.2, -0.15) is 5.10 Å². The summed E-state index contributed by atoms with van der Waals surface area (Å²) in [6.07, 6.45) is 1.75. The van der Waals surface area contributed by atoms with Crippen molar-refractivity contribution >= 4 is 33.7 Å². The third kappa shape index (κ3) is 3.44. The summed E-state index contributed by atoms with van der Waals surface area (Å²) in [5.74, 6) is 0.604. The van der Waals surface area contributed by atoms with Gasteiger partial charge in [0.25, 0.3) is 5.91 Å². The zero-order chi connectivity index (χ0) is 21.5. The number of nitrogens with zero attached hydrogens (tertiary/aromatic N) is 4. The van der Waals surface area contributed by atoms with Gasteiger partial charge in [-0.1, -0.05) is 12.1 Å². The third-order valence-electron chi connectivity index (χ3n) is 5.30. The molecule has 0 radical (unpaired) electrons. The van der Waals surface area contributed by atoms with E-state index >= 15 is 0 Å². The van der Waals surface area contributed by atoms with Crippen LogP contribution in [0.5, 0.6) is 0 Å². The molecule has 7 heteroatoms. The number of carbonyl (C=O) groups excluding carboxylic acids is 1. The van der Waals surface area contributed by atoms with Crippen LogP contribution in [0.1, 0.15) is 35.9 Å². The molecule has 0 aliphatic heterocycles. The molecule has 7 nitrogen and oxygen atoms in total. The van der Waals surface area contributed by atoms with Crippen LogP contribution >= 0.6 is 0 Å². The van der Waals surface area contributed by atoms with Gasteiger partial charge in [0.15, 0.2) is 5.65 Å². The summed E-state index contributed by atoms with van der Waals surface area (Å²) < 4.78 is 1.86. The summed E-state index contributed by atoms with van der Waals surface area (Å²) in [5, 5.41) is 8.20. The van der Waals surface area contributed by atoms with Gasteiger partial charge in [-0.25, -0.2) is 14.6 Å². The normalized spacial score (nSPS) is 11.5. The predicted molar refractivity (Wildman–Crippen MR) is 122 cm³/mol. The number of para-hydroxylation sites is 2. The number of H-pyrrole nitrogens is 1. The molecule has 0 aliphatic carbocycles. The molecule has 0 unspecified atom stereocenters. The van der Waals surface area contributed by atoms with Gasteiger partial charge in [-0.15, -0.1) is 0 Å². The van der Waals surface area contributed by atoms with E-state index in [4.69, 9.17) is 0 Å². The molecule has 0 atom stereocenters. The fourth-order valence-electron chi connectivity index (χ4n) is 3.67. The lowest BCUT2D eigenvalue weighted by Crippen LogP contribution is -2.14. The lowest BCUT2D eigenvalue weighted by molar-refractivity contribution is 0.102. The van der Waals surface area contributed by atoms with Gasteiger partial charge in [0.1, 0.15) is 5.82 Å². The minimum Gasteiger partial charge on any atom is -0.338 e. The highest BCUT2D eigenvalue weighted by atomic mass is 16.1. The average molecular weight is 410 g/mol. The van der Waals surface area contributed by atoms with Gasteiger partial charge in [0.2, 0.25) is 0 Å². The van der Waals surface area contributed by atoms with E-state index < -0.39 is 0 Å². The van der Waals surface area contributed by atoms with Crippen LogP contribution in [0.2, 0.25) is 0 Å². The first kappa shape index (κ1) is 19.0. The minimum atomic E-state index is -0.194. The molecular weight excluding hydrogens is 388 g/mol. The molecule has 0 bridgehead atoms. The molecule has 5 rings (SSSR count). The lowest BCUT2D eigenvalue weighted by atomic mass is 10.1. The quantitative estimate of drug-likeness (QED) is 0.431. The summed E-state index contributed by atoms with van der Waals surface area (Å²) in [7, 11) is 0. The molecule has 1 amide bonds. The SMILES string of the molecule is Cc1nc2c(cnn2C(C)C)cc1C(=O)Nc1ccc(-c2nc3ccccc3[nH]2)cc1. The Morgan fingerprint density at radius 1 is 1.06 bits per heavy atom. The van der Waals surface area contributed by atoms with Gasteiger partial charge in [0.05, 0.1) is 28.5 Å². The second kappa shape index (κ2) is 7.36. The highest BCUT2D eigenvalue weighted by molar-refractivity contribution is 6.06. The average Bonchev–Trinajstić information content (AvgIpc) is 3.37. The molecule has 2 aromatic carbocycles. The third-order valence-corrected chi connectivity index (χ3v) is 5.30. The Balaban J connectivity index is 1.38. The number of imidazole rings is 1. The van der Waals surface area contributed by atoms with E-state index in [1.54, 1.807) is 6.20 Å². The number of pyridine rings is 1. The molecule has 0 saturated heterocycles. The number of aromatic amines is 1. The van der Waals surface area contributed by atoms with E-state index in [0.29, 0.717) is 16.9 Å². The molecule has 154 valence electrons. The highest BCUT2D eigenvalue weighted by Crippen LogP contribution is 2.23. The van der Waals surface area contributed by atoms with Crippen LogP contribution < -0.4 is 5.32 Å². The Morgan fingerprint density at radius 3 is 2.58 bits per heavy atom. The monoisotopic (exact) mass is 410 g/mol. The maximum Gasteiger partial charge on any atom is 0.257 e. The number of aryl methyl sites for hydroxylation is 1. The standard InChI is InChI=1S/C24H22N6O/c1-14(2)30-23-17(13-25-30)12-19(15(3)26-23)24(31)27-18-10-8-16(9-11-18)22-28-20-6-4-5-7-21(20)29-22/h4-14H,1-3H3,(H,27,31)(H,28,29). The molecule has 0 saturated carbocycles. The fraction of sp³-hybridized carbons (Fsp3) is 0.167. The maximum absolute atomic E-state index is 12.9. The Morgan fingerprint density at radius 2 is 1.84 bits per heavy atom. The predicted octanol–water partition coefficient (Wildman–Crippen LogP) is 5.12. The first-order valence-corrected chi connectivity index (χ1v) is 10.2. The van der Waals surface area contributed by atoms with Crippen molar-refractivity contribution < 1.29 is 4.79 Å². The zero-order valence-electron chi connectivity index (χ0n) is 17.5. The van der Waals surface area contributed by atoms with E-state index in [1.807, 2.05) is 66.2 Å². The Bertz CT molecular complexity index is 1380. The van der Waals surface area contributed by atoms with Crippen LogP contribution in [0.3, 0.4) is 0 Å². The number of hydrogen-bond donors (Lipinski definition) is 2. The molecular formula is C24H22N6O. The van der Waals surface area contributed by atoms with Crippen LogP contribution in [0.25, 0.3) is 33.5 Å². The summed E-state index contributed by atoms with van der Waals surface area (Å²) in [6, 6.07) is 17.6. The van der Waals surface area contributed by atoms with Gasteiger partial charge < -0.3 is 10.3 Å². The largest absolute Gasteiger partial charge is 0.338 e. The number of fused-ring (bicyclic) bond motifs is 2. The summed E-state index contributed by atoms with van der Waals surface area (Å²) >= 11 is 0. The number of benzene rings is 2. The van der Waals surface area contributed by atoms with Gasteiger partial charge in [0, 0.05) is 22.7 Å². The molecule has 31 heavy (non-hydrogen) atoms. The second-order valence-corrected chi connectivity index (χ2v) is 7.85. The number of rotatable bonds is 4. The molecule has 0 aliphatic rings. The smallest absolute Gasteiger partial charge is 0.257 e. The van der Waals surface area contributed by atoms with Gasteiger partial charge in [-0.3, -0.25) is 4.79 Å². The van der Waals surface area contributed by atoms with E-state index in [9.17, 15) is 4.79 Å². The van der Waals surface area contributed by atoms with Crippen molar-refractivity contribution in [1.82, 2.24) is 24.7 Å². The van der Waals surface area contributed by atoms with E-state index in [0.717, 1.165) is 33.5 Å². The Labute approximate surface area is 179 Å². The summed E-state index contributed by atoms with van der Waals surface area (Å²) in [5.41, 5.74) is 5.59. The van der Waals surface area contributed by atoms with E-state index in [2.05, 4.69) is 39.2 Å². The zero-order valence-corrected chi connectivity index (χ0v) is 17.5. The van der Waals surface area contributed by atoms with Crippen molar-refractivity contribution in [3.05, 3.63) is 72.1 Å². The van der Waals surface area contributed by atoms with Gasteiger partial charge >= 0.3 is 0 Å². The number of amides is 1. The van der Waals surface area contributed by atoms with Crippen molar-refractivity contribution in [3.63, 3.8) is 0 Å². The van der Waals surface area contributed by atoms with Crippen molar-refractivity contribution in [2.24, 2.45) is 0 Å². The van der Waals surface area contributed by atoms with Crippen LogP contribution in [-0.2, 0) is 0 Å². The van der Waals surface area contributed by atoms with Crippen LogP contribution in [0.4, 0.5) is 5.69 Å². The molecule has 3 heterocycles. The van der Waals surface area contributed by atoms with Crippen molar-refractivity contribution in [1.29, 1.82) is 0 Å². The first-order valence-electron chi connectivity index (χ1n) is 10.2. The number of hydrogen-bond acceptors (Lipinski definition) is 4. The molecule has 3 aromatic heterocycles. The van der Waals surface area contributed by atoms with Crippen LogP contribution in [0.15, 0.2) is 60.8 Å². The topological polar surface area (TPSA) is 88.5 Å². The summed E-state index contributed by atoms with van der Waals surface area (Å²) in [4.78, 5) is 25.5. The number of anilines is 1. The number of aromatic nitrogens is 5. The summed E-state index contributed by atoms with van der Waals surface area (Å²) in [6.45, 7) is 5.95. The van der Waals surface area contributed by atoms with Crippen molar-refractivity contribution in [2.45, 2.75) is 26.8 Å². The highest BCUT2D eigenvalue weighted by Gasteiger charge is 2.15. The first-order chi connectivity index (χ1) is 15.0. The lowest BCUT2D eigenvalue weighted by Gasteiger charge is -2.10. The Hall–Kier alpha value is -4.00. The molecule has 2 N–H and O–H groups in total. The minimum absolute atomic E-state index is 0.194. The van der Waals surface area contributed by atoms with Gasteiger partial charge in [-0.05, 0) is 63.2 Å². The van der Waals surface area contributed by atoms with Crippen LogP contribution in [0, 0.1) is 6.92 Å². The maximum atomic E-state index is 12.9. The molecule has 0 fully saturated rings. The number of carbonyl (C=O) groups is 1. The molecule has 0 spiro atoms. The number of nitrogens with one attached hydrogen (secondary N) is 2. The van der Waals surface area contributed by atoms with Crippen molar-refractivity contribution in [2.75, 3.05) is 5.32 Å². The fourth-order valence-corrected chi connectivity index (χ4v) is 3.67. The van der Waals surface area contributed by atoms with E-state index in [1.165, 1.54) is 0 Å². The molecule has 5 aromatic rings. The van der Waals surface area contributed by atoms with E-state index in [-0.39, 0.29) is 11.9 Å². The van der Waals surface area contributed by atoms with Crippen molar-refractivity contribution in [3.8, 4) is 11.4 Å². The van der Waals surface area contributed by atoms with Crippen LogP contribution in [-0.4, -0.2) is 30.6 Å². The second-order valence-electron chi connectivity index (χ2n) is 7.85. The Kier molecular flexibility index (Phi) is 4.51.